The molecular formula is C8H13F3N4O. The van der Waals surface area contributed by atoms with Gasteiger partial charge in [-0.2, -0.15) is 13.2 Å². The highest BCUT2D eigenvalue weighted by molar-refractivity contribution is 5.12. The van der Waals surface area contributed by atoms with E-state index in [2.05, 4.69) is 10.3 Å². The molecule has 0 radical (unpaired) electrons. The quantitative estimate of drug-likeness (QED) is 0.822. The third-order valence-corrected chi connectivity index (χ3v) is 1.98. The van der Waals surface area contributed by atoms with E-state index in [0.29, 0.717) is 6.54 Å². The zero-order valence-electron chi connectivity index (χ0n) is 8.99. The molecule has 0 spiro atoms. The smallest absolute Gasteiger partial charge is 0.390 e. The first kappa shape index (κ1) is 12.9. The van der Waals surface area contributed by atoms with Crippen molar-refractivity contribution in [3.05, 3.63) is 11.4 Å². The summed E-state index contributed by atoms with van der Waals surface area (Å²) < 4.78 is 38.7. The summed E-state index contributed by atoms with van der Waals surface area (Å²) in [7, 11) is 3.49. The number of alkyl halides is 3. The van der Waals surface area contributed by atoms with E-state index in [1.54, 1.807) is 19.0 Å². The van der Waals surface area contributed by atoms with Gasteiger partial charge in [-0.05, 0) is 14.1 Å². The molecule has 0 fully saturated rings. The number of hydrogen-bond acceptors (Lipinski definition) is 4. The second kappa shape index (κ2) is 4.79. The van der Waals surface area contributed by atoms with Crippen LogP contribution in [0.4, 0.5) is 13.2 Å². The zero-order valence-corrected chi connectivity index (χ0v) is 8.99. The van der Waals surface area contributed by atoms with E-state index in [4.69, 9.17) is 5.11 Å². The van der Waals surface area contributed by atoms with Gasteiger partial charge in [0.15, 0.2) is 5.69 Å². The van der Waals surface area contributed by atoms with Crippen LogP contribution in [0, 0.1) is 0 Å². The molecule has 1 aromatic heterocycles. The lowest BCUT2D eigenvalue weighted by Crippen LogP contribution is -2.23. The van der Waals surface area contributed by atoms with Crippen LogP contribution in [-0.2, 0) is 19.3 Å². The highest BCUT2D eigenvalue weighted by atomic mass is 19.4. The largest absolute Gasteiger partial charge is 0.435 e. The second-order valence-electron chi connectivity index (χ2n) is 3.57. The van der Waals surface area contributed by atoms with Crippen LogP contribution in [0.1, 0.15) is 11.4 Å². The minimum absolute atomic E-state index is 0.0782. The van der Waals surface area contributed by atoms with Crippen molar-refractivity contribution in [2.24, 2.45) is 0 Å². The predicted molar refractivity (Wildman–Crippen MR) is 49.5 cm³/mol. The highest BCUT2D eigenvalue weighted by Crippen LogP contribution is 2.30. The average molecular weight is 238 g/mol. The molecule has 0 aliphatic heterocycles. The Bertz CT molecular complexity index is 348. The van der Waals surface area contributed by atoms with E-state index in [9.17, 15) is 13.2 Å². The Hall–Kier alpha value is -1.15. The molecule has 8 heteroatoms. The maximum atomic E-state index is 12.6. The minimum atomic E-state index is -4.55. The number of rotatable bonds is 4. The van der Waals surface area contributed by atoms with Crippen LogP contribution in [0.2, 0.25) is 0 Å². The molecule has 0 saturated carbocycles. The topological polar surface area (TPSA) is 54.2 Å². The molecule has 0 aliphatic carbocycles. The lowest BCUT2D eigenvalue weighted by Gasteiger charge is -2.13. The summed E-state index contributed by atoms with van der Waals surface area (Å²) in [5.41, 5.74) is -1.41. The molecule has 0 bridgehead atoms. The number of hydrogen-bond donors (Lipinski definition) is 1. The fourth-order valence-corrected chi connectivity index (χ4v) is 1.22. The molecule has 1 rings (SSSR count). The Labute approximate surface area is 90.5 Å². The van der Waals surface area contributed by atoms with Gasteiger partial charge < -0.3 is 10.0 Å². The minimum Gasteiger partial charge on any atom is -0.390 e. The summed E-state index contributed by atoms with van der Waals surface area (Å²) in [4.78, 5) is 1.74. The Kier molecular flexibility index (Phi) is 3.87. The molecule has 0 amide bonds. The molecule has 1 heterocycles. The van der Waals surface area contributed by atoms with Gasteiger partial charge in [-0.1, -0.05) is 5.21 Å². The average Bonchev–Trinajstić information content (AvgIpc) is 2.56. The van der Waals surface area contributed by atoms with Gasteiger partial charge in [-0.3, -0.25) is 0 Å². The van der Waals surface area contributed by atoms with Gasteiger partial charge in [0, 0.05) is 6.54 Å². The summed E-state index contributed by atoms with van der Waals surface area (Å²) in [5.74, 6) is 0. The van der Waals surface area contributed by atoms with E-state index in [1.165, 1.54) is 0 Å². The third-order valence-electron chi connectivity index (χ3n) is 1.98. The van der Waals surface area contributed by atoms with E-state index in [-0.39, 0.29) is 6.54 Å². The van der Waals surface area contributed by atoms with Gasteiger partial charge in [-0.25, -0.2) is 4.68 Å². The van der Waals surface area contributed by atoms with E-state index in [1.807, 2.05) is 0 Å². The fourth-order valence-electron chi connectivity index (χ4n) is 1.22. The number of likely N-dealkylation sites (N-methyl/N-ethyl adjacent to an activating group) is 1. The normalized spacial score (nSPS) is 12.4. The maximum Gasteiger partial charge on any atom is 0.435 e. The number of aromatic nitrogens is 3. The predicted octanol–water partition coefficient (Wildman–Crippen LogP) is 0.351. The molecule has 0 atom stereocenters. The van der Waals surface area contributed by atoms with Crippen LogP contribution in [0.5, 0.6) is 0 Å². The summed E-state index contributed by atoms with van der Waals surface area (Å²) >= 11 is 0. The van der Waals surface area contributed by atoms with E-state index in [0.717, 1.165) is 4.68 Å². The van der Waals surface area contributed by atoms with Crippen LogP contribution in [-0.4, -0.2) is 45.6 Å². The Morgan fingerprint density at radius 2 is 2.00 bits per heavy atom. The molecule has 1 N–H and O–H groups in total. The molecule has 0 unspecified atom stereocenters. The summed E-state index contributed by atoms with van der Waals surface area (Å²) in [6.07, 6.45) is -4.55. The molecule has 1 aromatic rings. The zero-order chi connectivity index (χ0) is 12.3. The Morgan fingerprint density at radius 1 is 1.38 bits per heavy atom. The Balaban J connectivity index is 2.96. The van der Waals surface area contributed by atoms with Crippen molar-refractivity contribution in [1.82, 2.24) is 19.9 Å². The molecular weight excluding hydrogens is 225 g/mol. The van der Waals surface area contributed by atoms with Gasteiger partial charge in [-0.15, -0.1) is 5.10 Å². The summed E-state index contributed by atoms with van der Waals surface area (Å²) in [5, 5.41) is 15.4. The van der Waals surface area contributed by atoms with Crippen molar-refractivity contribution in [1.29, 1.82) is 0 Å². The molecule has 0 aliphatic rings. The van der Waals surface area contributed by atoms with Crippen molar-refractivity contribution < 1.29 is 18.3 Å². The molecule has 0 saturated heterocycles. The number of nitrogens with zero attached hydrogens (tertiary/aromatic N) is 4. The van der Waals surface area contributed by atoms with Crippen molar-refractivity contribution in [3.8, 4) is 0 Å². The van der Waals surface area contributed by atoms with Crippen LogP contribution >= 0.6 is 0 Å². The molecule has 0 aromatic carbocycles. The third kappa shape index (κ3) is 2.92. The molecule has 92 valence electrons. The first-order valence-corrected chi connectivity index (χ1v) is 4.61. The van der Waals surface area contributed by atoms with Crippen LogP contribution in [0.3, 0.4) is 0 Å². The molecule has 16 heavy (non-hydrogen) atoms. The van der Waals surface area contributed by atoms with Gasteiger partial charge in [0.2, 0.25) is 0 Å². The van der Waals surface area contributed by atoms with Gasteiger partial charge >= 0.3 is 6.18 Å². The first-order valence-electron chi connectivity index (χ1n) is 4.61. The second-order valence-corrected chi connectivity index (χ2v) is 3.57. The van der Waals surface area contributed by atoms with Crippen molar-refractivity contribution in [2.45, 2.75) is 19.3 Å². The van der Waals surface area contributed by atoms with Crippen LogP contribution in [0.25, 0.3) is 0 Å². The number of halogens is 3. The monoisotopic (exact) mass is 238 g/mol. The van der Waals surface area contributed by atoms with Gasteiger partial charge in [0.1, 0.15) is 5.69 Å². The Morgan fingerprint density at radius 3 is 2.44 bits per heavy atom. The summed E-state index contributed by atoms with van der Waals surface area (Å²) in [6, 6.07) is 0. The first-order chi connectivity index (χ1) is 7.36. The SMILES string of the molecule is CN(C)CCn1nnc(CO)c1C(F)(F)F. The van der Waals surface area contributed by atoms with Crippen molar-refractivity contribution in [2.75, 3.05) is 20.6 Å². The number of aliphatic hydroxyl groups is 1. The van der Waals surface area contributed by atoms with Crippen LogP contribution < -0.4 is 0 Å². The lowest BCUT2D eigenvalue weighted by atomic mass is 10.3. The lowest BCUT2D eigenvalue weighted by molar-refractivity contribution is -0.145. The maximum absolute atomic E-state index is 12.6. The van der Waals surface area contributed by atoms with E-state index >= 15 is 0 Å². The van der Waals surface area contributed by atoms with Crippen molar-refractivity contribution >= 4 is 0 Å². The van der Waals surface area contributed by atoms with Gasteiger partial charge in [0.25, 0.3) is 0 Å². The van der Waals surface area contributed by atoms with Crippen molar-refractivity contribution in [3.63, 3.8) is 0 Å². The standard InChI is InChI=1S/C8H13F3N4O/c1-14(2)3-4-15-7(8(9,10)11)6(5-16)12-13-15/h16H,3-5H2,1-2H3. The highest BCUT2D eigenvalue weighted by Gasteiger charge is 2.38. The molecule has 5 nitrogen and oxygen atoms in total. The van der Waals surface area contributed by atoms with Gasteiger partial charge in [0.05, 0.1) is 13.2 Å². The van der Waals surface area contributed by atoms with E-state index < -0.39 is 24.2 Å². The summed E-state index contributed by atoms with van der Waals surface area (Å²) in [6.45, 7) is -0.275. The number of aliphatic hydroxyl groups excluding tert-OH is 1. The fraction of sp³-hybridized carbons (Fsp3) is 0.750. The van der Waals surface area contributed by atoms with Crippen LogP contribution in [0.15, 0.2) is 0 Å².